The number of hydrogen-bond donors (Lipinski definition) is 1. The zero-order valence-electron chi connectivity index (χ0n) is 17.1. The number of thiocarbonyl (C=S) groups is 1. The second-order valence-corrected chi connectivity index (χ2v) is 8.32. The van der Waals surface area contributed by atoms with Crippen LogP contribution in [-0.2, 0) is 0 Å². The summed E-state index contributed by atoms with van der Waals surface area (Å²) in [5, 5.41) is 3.98. The minimum atomic E-state index is 0.281. The monoisotopic (exact) mass is 394 g/mol. The number of nitrogens with one attached hydrogen (secondary N) is 1. The van der Waals surface area contributed by atoms with Gasteiger partial charge in [-0.2, -0.15) is 0 Å². The number of anilines is 2. The van der Waals surface area contributed by atoms with E-state index in [4.69, 9.17) is 12.2 Å². The third-order valence-electron chi connectivity index (χ3n) is 5.76. The summed E-state index contributed by atoms with van der Waals surface area (Å²) in [6.45, 7) is 4.05. The highest BCUT2D eigenvalue weighted by Crippen LogP contribution is 2.29. The Morgan fingerprint density at radius 2 is 1.75 bits per heavy atom. The summed E-state index contributed by atoms with van der Waals surface area (Å²) in [7, 11) is 1.95. The van der Waals surface area contributed by atoms with Gasteiger partial charge < -0.3 is 10.2 Å². The maximum absolute atomic E-state index is 12.9. The molecule has 3 nitrogen and oxygen atoms in total. The molecular formula is C24H30N2OS. The van der Waals surface area contributed by atoms with Gasteiger partial charge in [0.25, 0.3) is 0 Å². The number of para-hydroxylation sites is 1. The number of nitrogens with zero attached hydrogens (tertiary/aromatic N) is 1. The molecule has 0 atom stereocenters. The van der Waals surface area contributed by atoms with Gasteiger partial charge in [-0.15, -0.1) is 0 Å². The Kier molecular flexibility index (Phi) is 6.84. The lowest BCUT2D eigenvalue weighted by Gasteiger charge is -2.23. The van der Waals surface area contributed by atoms with Gasteiger partial charge in [-0.05, 0) is 67.4 Å². The van der Waals surface area contributed by atoms with Crippen LogP contribution in [0.5, 0.6) is 0 Å². The Balaban J connectivity index is 1.70. The van der Waals surface area contributed by atoms with Crippen molar-refractivity contribution in [2.75, 3.05) is 17.3 Å². The smallest absolute Gasteiger partial charge is 0.177 e. The Bertz CT molecular complexity index is 841. The van der Waals surface area contributed by atoms with Crippen molar-refractivity contribution in [3.8, 4) is 0 Å². The molecule has 0 heterocycles. The van der Waals surface area contributed by atoms with E-state index in [9.17, 15) is 4.79 Å². The van der Waals surface area contributed by atoms with E-state index < -0.39 is 0 Å². The number of carbonyl (C=O) groups is 1. The molecular weight excluding hydrogens is 364 g/mol. The first-order valence-corrected chi connectivity index (χ1v) is 10.6. The van der Waals surface area contributed by atoms with Gasteiger partial charge in [0.2, 0.25) is 0 Å². The third kappa shape index (κ3) is 4.99. The molecule has 1 aliphatic carbocycles. The van der Waals surface area contributed by atoms with Gasteiger partial charge in [-0.3, -0.25) is 4.79 Å². The molecule has 0 bridgehead atoms. The van der Waals surface area contributed by atoms with Crippen molar-refractivity contribution in [1.29, 1.82) is 0 Å². The minimum absolute atomic E-state index is 0.281. The van der Waals surface area contributed by atoms with Crippen LogP contribution in [0.4, 0.5) is 11.4 Å². The van der Waals surface area contributed by atoms with E-state index in [1.807, 2.05) is 62.2 Å². The minimum Gasteiger partial charge on any atom is -0.332 e. The molecule has 3 rings (SSSR count). The Hall–Kier alpha value is -2.20. The van der Waals surface area contributed by atoms with Gasteiger partial charge in [0.05, 0.1) is 0 Å². The predicted octanol–water partition coefficient (Wildman–Crippen LogP) is 6.29. The quantitative estimate of drug-likeness (QED) is 0.477. The summed E-state index contributed by atoms with van der Waals surface area (Å²) < 4.78 is 0. The van der Waals surface area contributed by atoms with Gasteiger partial charge in [0.1, 0.15) is 0 Å². The molecule has 0 amide bonds. The van der Waals surface area contributed by atoms with Crippen molar-refractivity contribution in [1.82, 2.24) is 0 Å². The molecule has 1 fully saturated rings. The van der Waals surface area contributed by atoms with Gasteiger partial charge in [0.15, 0.2) is 10.9 Å². The van der Waals surface area contributed by atoms with E-state index in [1.165, 1.54) is 32.1 Å². The second kappa shape index (κ2) is 9.33. The third-order valence-corrected chi connectivity index (χ3v) is 6.14. The lowest BCUT2D eigenvalue weighted by Crippen LogP contribution is -2.31. The number of benzene rings is 2. The van der Waals surface area contributed by atoms with E-state index in [1.54, 1.807) is 0 Å². The molecule has 148 valence electrons. The van der Waals surface area contributed by atoms with Crippen LogP contribution in [-0.4, -0.2) is 17.9 Å². The van der Waals surface area contributed by atoms with Crippen LogP contribution in [0.3, 0.4) is 0 Å². The summed E-state index contributed by atoms with van der Waals surface area (Å²) in [5.74, 6) is 0.842. The molecule has 1 saturated carbocycles. The van der Waals surface area contributed by atoms with E-state index in [0.29, 0.717) is 17.5 Å². The van der Waals surface area contributed by atoms with Gasteiger partial charge in [0, 0.05) is 30.4 Å². The van der Waals surface area contributed by atoms with Crippen LogP contribution >= 0.6 is 12.2 Å². The molecule has 0 radical (unpaired) electrons. The van der Waals surface area contributed by atoms with E-state index in [-0.39, 0.29) is 5.78 Å². The number of ketones is 1. The zero-order chi connectivity index (χ0) is 20.1. The molecule has 1 aliphatic rings. The second-order valence-electron chi connectivity index (χ2n) is 7.94. The highest BCUT2D eigenvalue weighted by molar-refractivity contribution is 7.80. The summed E-state index contributed by atoms with van der Waals surface area (Å²) in [5.41, 5.74) is 4.91. The molecule has 0 unspecified atom stereocenters. The largest absolute Gasteiger partial charge is 0.332 e. The van der Waals surface area contributed by atoms with Crippen molar-refractivity contribution in [2.45, 2.75) is 52.4 Å². The lowest BCUT2D eigenvalue weighted by molar-refractivity contribution is 0.0949. The van der Waals surface area contributed by atoms with Gasteiger partial charge >= 0.3 is 0 Å². The summed E-state index contributed by atoms with van der Waals surface area (Å²) in [6, 6.07) is 14.1. The fourth-order valence-electron chi connectivity index (χ4n) is 3.98. The van der Waals surface area contributed by atoms with Crippen LogP contribution in [0, 0.1) is 19.8 Å². The zero-order valence-corrected chi connectivity index (χ0v) is 17.9. The number of hydrogen-bond acceptors (Lipinski definition) is 2. The molecule has 2 aromatic carbocycles. The number of carbonyl (C=O) groups excluding carboxylic acids is 1. The molecule has 28 heavy (non-hydrogen) atoms. The van der Waals surface area contributed by atoms with Crippen molar-refractivity contribution in [3.05, 3.63) is 59.2 Å². The molecule has 0 aliphatic heterocycles. The van der Waals surface area contributed by atoms with Crippen LogP contribution in [0.1, 0.15) is 60.0 Å². The molecule has 2 aromatic rings. The topological polar surface area (TPSA) is 32.3 Å². The maximum Gasteiger partial charge on any atom is 0.177 e. The van der Waals surface area contributed by atoms with Gasteiger partial charge in [-0.1, -0.05) is 50.3 Å². The first-order chi connectivity index (χ1) is 13.5. The average molecular weight is 395 g/mol. The molecule has 0 spiro atoms. The molecule has 4 heteroatoms. The fraction of sp³-hybridized carbons (Fsp3) is 0.417. The van der Waals surface area contributed by atoms with Crippen LogP contribution in [0.25, 0.3) is 0 Å². The van der Waals surface area contributed by atoms with Crippen molar-refractivity contribution < 1.29 is 4.79 Å². The normalized spacial score (nSPS) is 14.5. The van der Waals surface area contributed by atoms with Crippen molar-refractivity contribution >= 4 is 34.5 Å². The molecule has 0 saturated heterocycles. The lowest BCUT2D eigenvalue weighted by atomic mass is 9.84. The SMILES string of the molecule is Cc1cc(C(=O)CC2CCCCC2)c(C)cc1NC(=S)N(C)c1ccccc1. The standard InChI is InChI=1S/C24H30N2OS/c1-17-15-22(25-24(28)26(3)20-12-8-5-9-13-20)18(2)14-21(17)23(27)16-19-10-6-4-7-11-19/h5,8-9,12-15,19H,4,6-7,10-11,16H2,1-3H3,(H,25,28). The van der Waals surface area contributed by atoms with Crippen LogP contribution in [0.2, 0.25) is 0 Å². The highest BCUT2D eigenvalue weighted by atomic mass is 32.1. The first-order valence-electron chi connectivity index (χ1n) is 10.2. The predicted molar refractivity (Wildman–Crippen MR) is 123 cm³/mol. The molecule has 0 aromatic heterocycles. The summed E-state index contributed by atoms with van der Waals surface area (Å²) in [4.78, 5) is 14.8. The van der Waals surface area contributed by atoms with E-state index >= 15 is 0 Å². The Labute approximate surface area is 174 Å². The number of Topliss-reactive ketones (excluding diaryl/α,β-unsaturated/α-hetero) is 1. The average Bonchev–Trinajstić information content (AvgIpc) is 2.71. The van der Waals surface area contributed by atoms with Crippen molar-refractivity contribution in [3.63, 3.8) is 0 Å². The first kappa shape index (κ1) is 20.5. The van der Waals surface area contributed by atoms with Gasteiger partial charge in [-0.25, -0.2) is 0 Å². The van der Waals surface area contributed by atoms with Crippen molar-refractivity contribution in [2.24, 2.45) is 5.92 Å². The summed E-state index contributed by atoms with van der Waals surface area (Å²) >= 11 is 5.58. The Morgan fingerprint density at radius 3 is 2.43 bits per heavy atom. The van der Waals surface area contributed by atoms with Crippen LogP contribution in [0.15, 0.2) is 42.5 Å². The number of rotatable bonds is 5. The van der Waals surface area contributed by atoms with Crippen LogP contribution < -0.4 is 10.2 Å². The number of aryl methyl sites for hydroxylation is 2. The van der Waals surface area contributed by atoms with E-state index in [0.717, 1.165) is 28.1 Å². The Morgan fingerprint density at radius 1 is 1.07 bits per heavy atom. The van der Waals surface area contributed by atoms with E-state index in [2.05, 4.69) is 11.4 Å². The summed E-state index contributed by atoms with van der Waals surface area (Å²) in [6.07, 6.45) is 6.94. The highest BCUT2D eigenvalue weighted by Gasteiger charge is 2.20. The molecule has 1 N–H and O–H groups in total. The fourth-order valence-corrected chi connectivity index (χ4v) is 4.20. The maximum atomic E-state index is 12.9.